The van der Waals surface area contributed by atoms with Crippen molar-refractivity contribution in [2.75, 3.05) is 12.4 Å². The van der Waals surface area contributed by atoms with Gasteiger partial charge in [0.25, 0.3) is 0 Å². The molecule has 0 aliphatic carbocycles. The number of hydrogen-bond donors (Lipinski definition) is 1. The van der Waals surface area contributed by atoms with Gasteiger partial charge in [-0.25, -0.2) is 0 Å². The van der Waals surface area contributed by atoms with E-state index in [4.69, 9.17) is 9.15 Å². The molecule has 1 amide bonds. The van der Waals surface area contributed by atoms with E-state index >= 15 is 0 Å². The number of fused-ring (bicyclic) bond motifs is 1. The molecular weight excluding hydrogens is 458 g/mol. The number of furan rings is 1. The van der Waals surface area contributed by atoms with E-state index in [2.05, 4.69) is 47.8 Å². The van der Waals surface area contributed by atoms with E-state index in [-0.39, 0.29) is 5.91 Å². The lowest BCUT2D eigenvalue weighted by molar-refractivity contribution is -0.111. The number of allylic oxidation sites excluding steroid dienone is 1. The van der Waals surface area contributed by atoms with E-state index in [1.54, 1.807) is 19.4 Å². The maximum atomic E-state index is 12.8. The summed E-state index contributed by atoms with van der Waals surface area (Å²) in [5.74, 6) is 0.467. The van der Waals surface area contributed by atoms with Gasteiger partial charge in [0.05, 0.1) is 13.4 Å². The van der Waals surface area contributed by atoms with Gasteiger partial charge in [0.1, 0.15) is 11.3 Å². The molecule has 0 unspecified atom stereocenters. The summed E-state index contributed by atoms with van der Waals surface area (Å²) in [5, 5.41) is 3.94. The molecule has 184 valence electrons. The first-order valence-corrected chi connectivity index (χ1v) is 12.2. The normalized spacial score (nSPS) is 11.5. The van der Waals surface area contributed by atoms with Gasteiger partial charge in [0, 0.05) is 34.3 Å². The van der Waals surface area contributed by atoms with E-state index in [1.807, 2.05) is 63.2 Å². The Bertz CT molecular complexity index is 1590. The number of rotatable bonds is 6. The first-order chi connectivity index (χ1) is 17.9. The van der Waals surface area contributed by atoms with Crippen molar-refractivity contribution >= 4 is 28.1 Å². The number of benzene rings is 4. The molecule has 5 rings (SSSR count). The van der Waals surface area contributed by atoms with Crippen molar-refractivity contribution in [2.24, 2.45) is 0 Å². The van der Waals surface area contributed by atoms with Crippen LogP contribution in [0.2, 0.25) is 0 Å². The molecule has 4 aromatic carbocycles. The SMILES string of the molecule is COc1cc2occ(-c3ccc(-c4ccccc4)cc3)c2cc1/C(C)=C/C(=O)Nc1cc(C)cc(C)c1. The van der Waals surface area contributed by atoms with Crippen molar-refractivity contribution in [2.45, 2.75) is 20.8 Å². The van der Waals surface area contributed by atoms with E-state index in [9.17, 15) is 4.79 Å². The quantitative estimate of drug-likeness (QED) is 0.245. The number of carbonyl (C=O) groups excluding carboxylic acids is 1. The smallest absolute Gasteiger partial charge is 0.248 e. The number of methoxy groups -OCH3 is 1. The maximum Gasteiger partial charge on any atom is 0.248 e. The summed E-state index contributed by atoms with van der Waals surface area (Å²) in [7, 11) is 1.62. The van der Waals surface area contributed by atoms with Gasteiger partial charge >= 0.3 is 0 Å². The molecule has 5 aromatic rings. The lowest BCUT2D eigenvalue weighted by Crippen LogP contribution is -2.09. The van der Waals surface area contributed by atoms with Crippen molar-refractivity contribution < 1.29 is 13.9 Å². The second-order valence-corrected chi connectivity index (χ2v) is 9.33. The molecule has 1 heterocycles. The minimum absolute atomic E-state index is 0.187. The van der Waals surface area contributed by atoms with E-state index in [0.717, 1.165) is 55.6 Å². The molecule has 4 nitrogen and oxygen atoms in total. The van der Waals surface area contributed by atoms with Crippen molar-refractivity contribution in [3.05, 3.63) is 114 Å². The molecule has 0 fully saturated rings. The first-order valence-electron chi connectivity index (χ1n) is 12.2. The molecule has 0 atom stereocenters. The molecule has 1 N–H and O–H groups in total. The van der Waals surface area contributed by atoms with Crippen LogP contribution in [0, 0.1) is 13.8 Å². The average molecular weight is 488 g/mol. The van der Waals surface area contributed by atoms with E-state index in [0.29, 0.717) is 5.75 Å². The fourth-order valence-corrected chi connectivity index (χ4v) is 4.73. The number of anilines is 1. The van der Waals surface area contributed by atoms with Gasteiger partial charge in [-0.15, -0.1) is 0 Å². The standard InChI is InChI=1S/C33H29NO3/c1-21-14-22(2)16-27(15-21)34-33(35)17-23(3)28-18-29-30(20-37-32(29)19-31(28)36-4)26-12-10-25(11-13-26)24-8-6-5-7-9-24/h5-20H,1-4H3,(H,34,35)/b23-17+. The minimum Gasteiger partial charge on any atom is -0.496 e. The lowest BCUT2D eigenvalue weighted by atomic mass is 9.97. The second-order valence-electron chi connectivity index (χ2n) is 9.33. The molecule has 0 aliphatic rings. The van der Waals surface area contributed by atoms with E-state index in [1.165, 1.54) is 5.56 Å². The molecule has 0 spiro atoms. The summed E-state index contributed by atoms with van der Waals surface area (Å²) >= 11 is 0. The zero-order valence-electron chi connectivity index (χ0n) is 21.5. The molecule has 0 bridgehead atoms. The third kappa shape index (κ3) is 5.19. The Morgan fingerprint density at radius 1 is 0.838 bits per heavy atom. The Morgan fingerprint density at radius 2 is 1.49 bits per heavy atom. The van der Waals surface area contributed by atoms with Crippen molar-refractivity contribution in [3.8, 4) is 28.0 Å². The Morgan fingerprint density at radius 3 is 2.16 bits per heavy atom. The van der Waals surface area contributed by atoms with Gasteiger partial charge in [-0.3, -0.25) is 4.79 Å². The zero-order valence-corrected chi connectivity index (χ0v) is 21.5. The molecule has 0 saturated carbocycles. The fraction of sp³-hybridized carbons (Fsp3) is 0.121. The molecular formula is C33H29NO3. The van der Waals surface area contributed by atoms with Crippen LogP contribution in [0.25, 0.3) is 38.8 Å². The third-order valence-corrected chi connectivity index (χ3v) is 6.46. The Hall–Kier alpha value is -4.57. The topological polar surface area (TPSA) is 51.5 Å². The maximum absolute atomic E-state index is 12.8. The number of aryl methyl sites for hydroxylation is 2. The van der Waals surface area contributed by atoms with Crippen LogP contribution in [0.4, 0.5) is 5.69 Å². The summed E-state index contributed by atoms with van der Waals surface area (Å²) < 4.78 is 11.6. The van der Waals surface area contributed by atoms with Crippen LogP contribution in [0.5, 0.6) is 5.75 Å². The van der Waals surface area contributed by atoms with Crippen LogP contribution in [0.1, 0.15) is 23.6 Å². The number of amides is 1. The van der Waals surface area contributed by atoms with Crippen LogP contribution in [-0.2, 0) is 4.79 Å². The van der Waals surface area contributed by atoms with E-state index < -0.39 is 0 Å². The van der Waals surface area contributed by atoms with Gasteiger partial charge < -0.3 is 14.5 Å². The lowest BCUT2D eigenvalue weighted by Gasteiger charge is -2.11. The minimum atomic E-state index is -0.187. The molecule has 0 aliphatic heterocycles. The highest BCUT2D eigenvalue weighted by molar-refractivity contribution is 6.05. The molecule has 37 heavy (non-hydrogen) atoms. The van der Waals surface area contributed by atoms with Crippen molar-refractivity contribution in [1.82, 2.24) is 0 Å². The highest BCUT2D eigenvalue weighted by atomic mass is 16.5. The highest BCUT2D eigenvalue weighted by Crippen LogP contribution is 2.38. The predicted octanol–water partition coefficient (Wildman–Crippen LogP) is 8.43. The van der Waals surface area contributed by atoms with Gasteiger partial charge in [0.15, 0.2) is 0 Å². The van der Waals surface area contributed by atoms with Gasteiger partial charge in [0.2, 0.25) is 5.91 Å². The predicted molar refractivity (Wildman–Crippen MR) is 152 cm³/mol. The Balaban J connectivity index is 1.47. The number of nitrogens with one attached hydrogen (secondary N) is 1. The Labute approximate surface area is 217 Å². The second kappa shape index (κ2) is 10.2. The fourth-order valence-electron chi connectivity index (χ4n) is 4.73. The Kier molecular flexibility index (Phi) is 6.65. The van der Waals surface area contributed by atoms with Crippen LogP contribution in [-0.4, -0.2) is 13.0 Å². The number of carbonyl (C=O) groups is 1. The van der Waals surface area contributed by atoms with Crippen LogP contribution in [0.3, 0.4) is 0 Å². The van der Waals surface area contributed by atoms with Crippen LogP contribution < -0.4 is 10.1 Å². The molecule has 0 radical (unpaired) electrons. The molecule has 4 heteroatoms. The largest absolute Gasteiger partial charge is 0.496 e. The first kappa shape index (κ1) is 24.1. The summed E-state index contributed by atoms with van der Waals surface area (Å²) in [6, 6.07) is 28.7. The summed E-state index contributed by atoms with van der Waals surface area (Å²) in [6.07, 6.45) is 3.38. The third-order valence-electron chi connectivity index (χ3n) is 6.46. The number of ether oxygens (including phenoxy) is 1. The van der Waals surface area contributed by atoms with Crippen molar-refractivity contribution in [3.63, 3.8) is 0 Å². The summed E-state index contributed by atoms with van der Waals surface area (Å²) in [5.41, 5.74) is 9.75. The van der Waals surface area contributed by atoms with Gasteiger partial charge in [-0.1, -0.05) is 60.7 Å². The van der Waals surface area contributed by atoms with Gasteiger partial charge in [-0.05, 0) is 72.4 Å². The zero-order chi connectivity index (χ0) is 25.9. The highest BCUT2D eigenvalue weighted by Gasteiger charge is 2.15. The summed E-state index contributed by atoms with van der Waals surface area (Å²) in [6.45, 7) is 5.95. The number of hydrogen-bond acceptors (Lipinski definition) is 3. The van der Waals surface area contributed by atoms with Crippen LogP contribution in [0.15, 0.2) is 102 Å². The van der Waals surface area contributed by atoms with Crippen LogP contribution >= 0.6 is 0 Å². The summed E-state index contributed by atoms with van der Waals surface area (Å²) in [4.78, 5) is 12.8. The van der Waals surface area contributed by atoms with Crippen molar-refractivity contribution in [1.29, 1.82) is 0 Å². The molecule has 0 saturated heterocycles. The molecule has 1 aromatic heterocycles. The monoisotopic (exact) mass is 487 g/mol. The van der Waals surface area contributed by atoms with Gasteiger partial charge in [-0.2, -0.15) is 0 Å². The average Bonchev–Trinajstić information content (AvgIpc) is 3.30.